The first-order valence-corrected chi connectivity index (χ1v) is 9.92. The van der Waals surface area contributed by atoms with Gasteiger partial charge in [-0.1, -0.05) is 62.3 Å². The van der Waals surface area contributed by atoms with E-state index in [1.807, 2.05) is 45.9 Å². The summed E-state index contributed by atoms with van der Waals surface area (Å²) in [5, 5.41) is 9.90. The molecule has 0 saturated heterocycles. The fourth-order valence-corrected chi connectivity index (χ4v) is 3.48. The van der Waals surface area contributed by atoms with Crippen LogP contribution in [0.2, 0.25) is 0 Å². The molecule has 1 aliphatic carbocycles. The maximum Gasteiger partial charge on any atom is 0.175 e. The minimum absolute atomic E-state index is 0.0859. The van der Waals surface area contributed by atoms with Gasteiger partial charge >= 0.3 is 0 Å². The van der Waals surface area contributed by atoms with Crippen LogP contribution in [-0.4, -0.2) is 22.8 Å². The second kappa shape index (κ2) is 9.66. The van der Waals surface area contributed by atoms with E-state index >= 15 is 0 Å². The van der Waals surface area contributed by atoms with E-state index in [1.165, 1.54) is 0 Å². The molecule has 0 radical (unpaired) electrons. The average Bonchev–Trinajstić information content (AvgIpc) is 2.49. The molecule has 3 heteroatoms. The third kappa shape index (κ3) is 8.40. The third-order valence-corrected chi connectivity index (χ3v) is 5.13. The zero-order chi connectivity index (χ0) is 20.8. The van der Waals surface area contributed by atoms with Crippen LogP contribution in [0, 0.1) is 17.3 Å². The lowest BCUT2D eigenvalue weighted by Crippen LogP contribution is -2.37. The van der Waals surface area contributed by atoms with E-state index in [0.717, 1.165) is 17.6 Å². The molecule has 0 aromatic carbocycles. The average molecular weight is 375 g/mol. The summed E-state index contributed by atoms with van der Waals surface area (Å²) in [6, 6.07) is 0. The van der Waals surface area contributed by atoms with Gasteiger partial charge in [-0.3, -0.25) is 4.79 Å². The van der Waals surface area contributed by atoms with Crippen molar-refractivity contribution in [3.05, 3.63) is 47.6 Å². The van der Waals surface area contributed by atoms with Crippen molar-refractivity contribution in [3.63, 3.8) is 0 Å². The van der Waals surface area contributed by atoms with E-state index in [-0.39, 0.29) is 22.9 Å². The first-order chi connectivity index (χ1) is 12.3. The van der Waals surface area contributed by atoms with Gasteiger partial charge in [0.25, 0.3) is 0 Å². The molecule has 3 atom stereocenters. The zero-order valence-electron chi connectivity index (χ0n) is 18.4. The van der Waals surface area contributed by atoms with Crippen LogP contribution in [0.3, 0.4) is 0 Å². The second-order valence-corrected chi connectivity index (χ2v) is 9.43. The molecular weight excluding hydrogens is 336 g/mol. The smallest absolute Gasteiger partial charge is 0.175 e. The largest absolute Gasteiger partial charge is 0.365 e. The van der Waals surface area contributed by atoms with E-state index in [1.54, 1.807) is 6.08 Å². The Bertz CT molecular complexity index is 627. The van der Waals surface area contributed by atoms with Crippen LogP contribution in [0.25, 0.3) is 0 Å². The molecule has 27 heavy (non-hydrogen) atoms. The molecule has 0 aliphatic heterocycles. The summed E-state index contributed by atoms with van der Waals surface area (Å²) in [7, 11) is 0. The SMILES string of the molecule is CC(/C=C/C1C(C)C(=O)CCC1(C)C)=C\C=C\C(C)=C\C(O)OC(C)(C)C. The van der Waals surface area contributed by atoms with Crippen molar-refractivity contribution in [2.75, 3.05) is 0 Å². The van der Waals surface area contributed by atoms with Crippen molar-refractivity contribution >= 4 is 5.78 Å². The summed E-state index contributed by atoms with van der Waals surface area (Å²) in [4.78, 5) is 12.1. The van der Waals surface area contributed by atoms with Crippen molar-refractivity contribution in [3.8, 4) is 0 Å². The molecule has 1 N–H and O–H groups in total. The zero-order valence-corrected chi connectivity index (χ0v) is 18.4. The molecule has 3 unspecified atom stereocenters. The Morgan fingerprint density at radius 2 is 1.85 bits per heavy atom. The highest BCUT2D eigenvalue weighted by Crippen LogP contribution is 2.43. The fraction of sp³-hybridized carbons (Fsp3) is 0.625. The number of carbonyl (C=O) groups is 1. The molecule has 0 aromatic rings. The van der Waals surface area contributed by atoms with Gasteiger partial charge < -0.3 is 9.84 Å². The number of rotatable bonds is 6. The Hall–Kier alpha value is -1.45. The monoisotopic (exact) mass is 374 g/mol. The molecule has 0 aromatic heterocycles. The number of hydrogen-bond donors (Lipinski definition) is 1. The second-order valence-electron chi connectivity index (χ2n) is 9.43. The van der Waals surface area contributed by atoms with Gasteiger partial charge in [-0.15, -0.1) is 0 Å². The summed E-state index contributed by atoms with van der Waals surface area (Å²) in [5.41, 5.74) is 1.84. The Labute approximate surface area is 165 Å². The highest BCUT2D eigenvalue weighted by Gasteiger charge is 2.39. The van der Waals surface area contributed by atoms with Crippen molar-refractivity contribution in [2.45, 2.75) is 80.1 Å². The highest BCUT2D eigenvalue weighted by molar-refractivity contribution is 5.82. The molecule has 1 saturated carbocycles. The molecule has 0 bridgehead atoms. The van der Waals surface area contributed by atoms with Crippen molar-refractivity contribution in [2.24, 2.45) is 17.3 Å². The molecule has 1 aliphatic rings. The van der Waals surface area contributed by atoms with Gasteiger partial charge in [-0.05, 0) is 58.4 Å². The van der Waals surface area contributed by atoms with Gasteiger partial charge in [-0.25, -0.2) is 0 Å². The van der Waals surface area contributed by atoms with Crippen LogP contribution >= 0.6 is 0 Å². The van der Waals surface area contributed by atoms with Crippen LogP contribution in [0.1, 0.15) is 68.2 Å². The Morgan fingerprint density at radius 1 is 1.22 bits per heavy atom. The van der Waals surface area contributed by atoms with Gasteiger partial charge in [0.2, 0.25) is 0 Å². The topological polar surface area (TPSA) is 46.5 Å². The first kappa shape index (κ1) is 23.6. The summed E-state index contributed by atoms with van der Waals surface area (Å²) >= 11 is 0. The standard InChI is InChI=1S/C24H38O3/c1-17(10-9-11-18(2)16-22(26)27-23(4,5)6)12-13-20-19(3)21(25)14-15-24(20,7)8/h9-13,16,19-20,22,26H,14-15H2,1-8H3/b11-9+,13-12+,17-10+,18-16+. The lowest BCUT2D eigenvalue weighted by Gasteiger charge is -2.40. The van der Waals surface area contributed by atoms with Crippen LogP contribution in [-0.2, 0) is 9.53 Å². The third-order valence-electron chi connectivity index (χ3n) is 5.13. The van der Waals surface area contributed by atoms with Crippen LogP contribution in [0.15, 0.2) is 47.6 Å². The van der Waals surface area contributed by atoms with Gasteiger partial charge in [0.15, 0.2) is 6.29 Å². The Morgan fingerprint density at radius 3 is 2.44 bits per heavy atom. The molecular formula is C24H38O3. The van der Waals surface area contributed by atoms with Gasteiger partial charge in [0.1, 0.15) is 5.78 Å². The quantitative estimate of drug-likeness (QED) is 0.474. The van der Waals surface area contributed by atoms with Crippen LogP contribution in [0.5, 0.6) is 0 Å². The van der Waals surface area contributed by atoms with Crippen molar-refractivity contribution < 1.29 is 14.6 Å². The van der Waals surface area contributed by atoms with E-state index in [4.69, 9.17) is 4.74 Å². The Kier molecular flexibility index (Phi) is 8.44. The molecule has 1 rings (SSSR count). The number of aliphatic hydroxyl groups is 1. The predicted octanol–water partition coefficient (Wildman–Crippen LogP) is 5.77. The van der Waals surface area contributed by atoms with Crippen LogP contribution < -0.4 is 0 Å². The maximum absolute atomic E-state index is 12.1. The molecule has 0 spiro atoms. The Balaban J connectivity index is 2.72. The summed E-state index contributed by atoms with van der Waals surface area (Å²) < 4.78 is 5.47. The number of ether oxygens (including phenoxy) is 1. The van der Waals surface area contributed by atoms with E-state index in [9.17, 15) is 9.90 Å². The van der Waals surface area contributed by atoms with E-state index < -0.39 is 6.29 Å². The number of carbonyl (C=O) groups excluding carboxylic acids is 1. The number of hydrogen-bond acceptors (Lipinski definition) is 3. The van der Waals surface area contributed by atoms with Crippen LogP contribution in [0.4, 0.5) is 0 Å². The van der Waals surface area contributed by atoms with E-state index in [2.05, 4.69) is 39.8 Å². The van der Waals surface area contributed by atoms with Gasteiger partial charge in [0, 0.05) is 12.3 Å². The van der Waals surface area contributed by atoms with Gasteiger partial charge in [0.05, 0.1) is 5.60 Å². The molecule has 0 amide bonds. The van der Waals surface area contributed by atoms with Crippen molar-refractivity contribution in [1.82, 2.24) is 0 Å². The molecule has 3 nitrogen and oxygen atoms in total. The summed E-state index contributed by atoms with van der Waals surface area (Å²) in [5.74, 6) is 0.738. The molecule has 1 fully saturated rings. The minimum atomic E-state index is -0.910. The lowest BCUT2D eigenvalue weighted by molar-refractivity contribution is -0.138. The number of allylic oxidation sites excluding steroid dienone is 7. The predicted molar refractivity (Wildman–Crippen MR) is 113 cm³/mol. The normalized spacial score (nSPS) is 26.2. The van der Waals surface area contributed by atoms with Gasteiger partial charge in [-0.2, -0.15) is 0 Å². The molecule has 152 valence electrons. The number of Topliss-reactive ketones (excluding diaryl/α,β-unsaturated/α-hetero) is 1. The number of aliphatic hydroxyl groups excluding tert-OH is 1. The fourth-order valence-electron chi connectivity index (χ4n) is 3.48. The number of ketones is 1. The minimum Gasteiger partial charge on any atom is -0.365 e. The van der Waals surface area contributed by atoms with E-state index in [0.29, 0.717) is 12.2 Å². The lowest BCUT2D eigenvalue weighted by atomic mass is 9.63. The highest BCUT2D eigenvalue weighted by atomic mass is 16.6. The maximum atomic E-state index is 12.1. The van der Waals surface area contributed by atoms with Crippen molar-refractivity contribution in [1.29, 1.82) is 0 Å². The molecule has 0 heterocycles. The summed E-state index contributed by atoms with van der Waals surface area (Å²) in [6.45, 7) is 16.3. The first-order valence-electron chi connectivity index (χ1n) is 9.92. The summed E-state index contributed by atoms with van der Waals surface area (Å²) in [6.07, 6.45) is 12.7.